The van der Waals surface area contributed by atoms with Crippen molar-refractivity contribution in [1.29, 1.82) is 0 Å². The minimum atomic E-state index is -0.360. The molecule has 0 unspecified atom stereocenters. The molecular formula is C34H26. The van der Waals surface area contributed by atoms with E-state index in [1.165, 1.54) is 72.3 Å². The zero-order chi connectivity index (χ0) is 23.0. The van der Waals surface area contributed by atoms with Crippen LogP contribution < -0.4 is 0 Å². The molecular weight excluding hydrogens is 408 g/mol. The number of hydrogen-bond acceptors (Lipinski definition) is 0. The molecule has 0 saturated carbocycles. The highest BCUT2D eigenvalue weighted by Gasteiger charge is 2.49. The Morgan fingerprint density at radius 1 is 0.382 bits per heavy atom. The molecule has 0 saturated heterocycles. The van der Waals surface area contributed by atoms with Crippen LogP contribution in [0.15, 0.2) is 103 Å². The molecule has 0 aromatic heterocycles. The molecule has 0 nitrogen and oxygen atoms in total. The first-order valence-electron chi connectivity index (χ1n) is 12.1. The third-order valence-electron chi connectivity index (χ3n) is 8.08. The molecule has 1 spiro atoms. The Morgan fingerprint density at radius 2 is 0.853 bits per heavy atom. The minimum Gasteiger partial charge on any atom is -0.0619 e. The van der Waals surface area contributed by atoms with Crippen LogP contribution in [0, 0.1) is 20.8 Å². The summed E-state index contributed by atoms with van der Waals surface area (Å²) in [6.07, 6.45) is 0. The molecule has 34 heavy (non-hydrogen) atoms. The van der Waals surface area contributed by atoms with Crippen LogP contribution in [0.3, 0.4) is 0 Å². The Bertz CT molecular complexity index is 1590. The lowest BCUT2D eigenvalue weighted by Gasteiger charge is -2.36. The number of rotatable bonds is 0. The molecule has 2 aliphatic carbocycles. The summed E-state index contributed by atoms with van der Waals surface area (Å²) < 4.78 is 0. The van der Waals surface area contributed by atoms with Gasteiger partial charge in [-0.3, -0.25) is 0 Å². The van der Waals surface area contributed by atoms with Gasteiger partial charge in [-0.25, -0.2) is 0 Å². The Balaban J connectivity index is 1.80. The van der Waals surface area contributed by atoms with Gasteiger partial charge >= 0.3 is 0 Å². The molecule has 5 aromatic rings. The van der Waals surface area contributed by atoms with E-state index >= 15 is 0 Å². The van der Waals surface area contributed by atoms with Crippen LogP contribution in [0.4, 0.5) is 0 Å². The summed E-state index contributed by atoms with van der Waals surface area (Å²) in [6.45, 7) is 6.71. The topological polar surface area (TPSA) is 0 Å². The molecule has 0 N–H and O–H groups in total. The van der Waals surface area contributed by atoms with E-state index in [0.717, 1.165) is 0 Å². The van der Waals surface area contributed by atoms with Crippen LogP contribution in [0.5, 0.6) is 0 Å². The zero-order valence-electron chi connectivity index (χ0n) is 19.8. The van der Waals surface area contributed by atoms with Crippen molar-refractivity contribution in [3.8, 4) is 33.4 Å². The highest BCUT2D eigenvalue weighted by atomic mass is 14.5. The fraction of sp³-hybridized carbons (Fsp3) is 0.118. The quantitative estimate of drug-likeness (QED) is 0.224. The van der Waals surface area contributed by atoms with Crippen LogP contribution in [0.25, 0.3) is 33.4 Å². The Labute approximate surface area is 201 Å². The van der Waals surface area contributed by atoms with Crippen molar-refractivity contribution >= 4 is 0 Å². The smallest absolute Gasteiger partial charge is 0.0619 e. The normalized spacial score (nSPS) is 14.0. The maximum Gasteiger partial charge on any atom is 0.0725 e. The minimum absolute atomic E-state index is 0.360. The molecule has 2 aliphatic rings. The van der Waals surface area contributed by atoms with Crippen LogP contribution >= 0.6 is 0 Å². The largest absolute Gasteiger partial charge is 0.0725 e. The van der Waals surface area contributed by atoms with Gasteiger partial charge in [-0.2, -0.15) is 0 Å². The summed E-state index contributed by atoms with van der Waals surface area (Å²) in [5, 5.41) is 0. The monoisotopic (exact) mass is 434 g/mol. The van der Waals surface area contributed by atoms with Gasteiger partial charge in [0, 0.05) is 0 Å². The standard InChI is InChI=1S/C34H26/c1-21-16-17-28-24-10-4-5-11-25(24)29-19-22(2)23(3)20-33(29)34(32(28)18-21)30-14-8-6-12-26(30)27-13-7-9-15-31(27)34/h4-20H,1-3H3. The molecule has 0 heterocycles. The highest BCUT2D eigenvalue weighted by Crippen LogP contribution is 2.61. The first kappa shape index (κ1) is 19.6. The predicted octanol–water partition coefficient (Wildman–Crippen LogP) is 8.62. The summed E-state index contributed by atoms with van der Waals surface area (Å²) in [7, 11) is 0. The molecule has 0 atom stereocenters. The third-order valence-corrected chi connectivity index (χ3v) is 8.08. The average molecular weight is 435 g/mol. The van der Waals surface area contributed by atoms with Gasteiger partial charge in [-0.1, -0.05) is 109 Å². The fourth-order valence-corrected chi connectivity index (χ4v) is 6.47. The Hall–Kier alpha value is -3.90. The van der Waals surface area contributed by atoms with Crippen LogP contribution in [0.2, 0.25) is 0 Å². The molecule has 5 aromatic carbocycles. The molecule has 0 radical (unpaired) electrons. The lowest BCUT2D eigenvalue weighted by Crippen LogP contribution is -2.29. The van der Waals surface area contributed by atoms with E-state index in [0.29, 0.717) is 0 Å². The summed E-state index contributed by atoms with van der Waals surface area (Å²) in [5.74, 6) is 0. The second kappa shape index (κ2) is 6.81. The lowest BCUT2D eigenvalue weighted by molar-refractivity contribution is 0.772. The van der Waals surface area contributed by atoms with Gasteiger partial charge in [0.05, 0.1) is 5.41 Å². The summed E-state index contributed by atoms with van der Waals surface area (Å²) in [4.78, 5) is 0. The van der Waals surface area contributed by atoms with Crippen molar-refractivity contribution in [1.82, 2.24) is 0 Å². The Kier molecular flexibility index (Phi) is 3.92. The molecule has 7 rings (SSSR count). The number of benzene rings is 5. The van der Waals surface area contributed by atoms with Crippen molar-refractivity contribution < 1.29 is 0 Å². The molecule has 0 bridgehead atoms. The van der Waals surface area contributed by atoms with Gasteiger partial charge in [0.2, 0.25) is 0 Å². The zero-order valence-corrected chi connectivity index (χ0v) is 19.8. The Morgan fingerprint density at radius 3 is 1.50 bits per heavy atom. The number of hydrogen-bond donors (Lipinski definition) is 0. The number of aryl methyl sites for hydroxylation is 3. The molecule has 0 aliphatic heterocycles. The maximum absolute atomic E-state index is 2.47. The maximum atomic E-state index is 2.47. The van der Waals surface area contributed by atoms with Crippen LogP contribution in [-0.2, 0) is 5.41 Å². The van der Waals surface area contributed by atoms with Crippen molar-refractivity contribution in [3.05, 3.63) is 142 Å². The van der Waals surface area contributed by atoms with Crippen molar-refractivity contribution in [3.63, 3.8) is 0 Å². The molecule has 162 valence electrons. The van der Waals surface area contributed by atoms with Gasteiger partial charge < -0.3 is 0 Å². The first-order chi connectivity index (χ1) is 16.6. The molecule has 0 heteroatoms. The van der Waals surface area contributed by atoms with E-state index in [1.54, 1.807) is 0 Å². The molecule has 0 fully saturated rings. The van der Waals surface area contributed by atoms with Crippen LogP contribution in [-0.4, -0.2) is 0 Å². The van der Waals surface area contributed by atoms with Crippen molar-refractivity contribution in [2.45, 2.75) is 26.2 Å². The second-order valence-corrected chi connectivity index (χ2v) is 9.92. The van der Waals surface area contributed by atoms with Crippen LogP contribution in [0.1, 0.15) is 38.9 Å². The van der Waals surface area contributed by atoms with Gasteiger partial charge in [-0.05, 0) is 87.5 Å². The second-order valence-electron chi connectivity index (χ2n) is 9.92. The summed E-state index contributed by atoms with van der Waals surface area (Å²) in [6, 6.07) is 39.0. The number of fused-ring (bicyclic) bond motifs is 12. The van der Waals surface area contributed by atoms with E-state index in [9.17, 15) is 0 Å². The highest BCUT2D eigenvalue weighted by molar-refractivity contribution is 5.97. The van der Waals surface area contributed by atoms with Gasteiger partial charge in [0.15, 0.2) is 0 Å². The summed E-state index contributed by atoms with van der Waals surface area (Å²) >= 11 is 0. The SMILES string of the molecule is Cc1ccc2c(c1)C1(c3cc(C)c(C)cc3-c3ccccc3-2)c2ccccc2-c2ccccc21. The average Bonchev–Trinajstić information content (AvgIpc) is 3.12. The third kappa shape index (κ3) is 2.33. The first-order valence-corrected chi connectivity index (χ1v) is 12.1. The van der Waals surface area contributed by atoms with Gasteiger partial charge in [0.25, 0.3) is 0 Å². The van der Waals surface area contributed by atoms with Gasteiger partial charge in [0.1, 0.15) is 0 Å². The fourth-order valence-electron chi connectivity index (χ4n) is 6.47. The molecule has 0 amide bonds. The van der Waals surface area contributed by atoms with Crippen molar-refractivity contribution in [2.75, 3.05) is 0 Å². The van der Waals surface area contributed by atoms with E-state index in [4.69, 9.17) is 0 Å². The van der Waals surface area contributed by atoms with E-state index < -0.39 is 0 Å². The predicted molar refractivity (Wildman–Crippen MR) is 142 cm³/mol. The van der Waals surface area contributed by atoms with Crippen molar-refractivity contribution in [2.24, 2.45) is 0 Å². The van der Waals surface area contributed by atoms with E-state index in [-0.39, 0.29) is 5.41 Å². The lowest BCUT2D eigenvalue weighted by atomic mass is 9.65. The van der Waals surface area contributed by atoms with Gasteiger partial charge in [-0.15, -0.1) is 0 Å². The van der Waals surface area contributed by atoms with E-state index in [2.05, 4.69) is 124 Å². The van der Waals surface area contributed by atoms with E-state index in [1.807, 2.05) is 0 Å². The summed E-state index contributed by atoms with van der Waals surface area (Å²) in [5.41, 5.74) is 17.2.